The van der Waals surface area contributed by atoms with E-state index in [0.29, 0.717) is 62.0 Å². The quantitative estimate of drug-likeness (QED) is 0.726. The van der Waals surface area contributed by atoms with Gasteiger partial charge in [-0.2, -0.15) is 0 Å². The van der Waals surface area contributed by atoms with Gasteiger partial charge in [-0.15, -0.1) is 0 Å². The molecule has 1 atom stereocenters. The van der Waals surface area contributed by atoms with Crippen LogP contribution in [-0.4, -0.2) is 74.3 Å². The molecule has 1 unspecified atom stereocenters. The number of rotatable bonds is 5. The summed E-state index contributed by atoms with van der Waals surface area (Å²) in [6.07, 6.45) is 1.75. The lowest BCUT2D eigenvalue weighted by molar-refractivity contribution is -0.139. The molecule has 0 aromatic heterocycles. The first-order chi connectivity index (χ1) is 13.2. The molecule has 2 saturated heterocycles. The van der Waals surface area contributed by atoms with E-state index in [2.05, 4.69) is 0 Å². The number of imide groups is 1. The monoisotopic (exact) mass is 372 g/mol. The number of hydrogen-bond donors (Lipinski definition) is 0. The summed E-state index contributed by atoms with van der Waals surface area (Å²) in [5, 5.41) is 0. The van der Waals surface area contributed by atoms with Crippen molar-refractivity contribution >= 4 is 17.4 Å². The summed E-state index contributed by atoms with van der Waals surface area (Å²) < 4.78 is 16.5. The van der Waals surface area contributed by atoms with E-state index in [9.17, 15) is 9.59 Å². The summed E-state index contributed by atoms with van der Waals surface area (Å²) >= 11 is 0. The molecule has 0 spiro atoms. The first-order valence-electron chi connectivity index (χ1n) is 9.39. The normalized spacial score (nSPS) is 23.5. The predicted molar refractivity (Wildman–Crippen MR) is 98.0 cm³/mol. The van der Waals surface area contributed by atoms with Gasteiger partial charge >= 0.3 is 0 Å². The lowest BCUT2D eigenvalue weighted by Gasteiger charge is -2.30. The molecule has 0 aliphatic carbocycles. The molecular weight excluding hydrogens is 348 g/mol. The SMILES string of the molecule is COc1ccccc1C1=C(N2CCOCC2)C(=O)N(CC2CCCO2)C1=O. The van der Waals surface area contributed by atoms with E-state index in [0.717, 1.165) is 12.8 Å². The first-order valence-corrected chi connectivity index (χ1v) is 9.39. The summed E-state index contributed by atoms with van der Waals surface area (Å²) in [5.74, 6) is 0.0539. The van der Waals surface area contributed by atoms with Crippen molar-refractivity contribution in [3.8, 4) is 5.75 Å². The number of carbonyl (C=O) groups excluding carboxylic acids is 2. The van der Waals surface area contributed by atoms with Gasteiger partial charge in [-0.05, 0) is 18.9 Å². The fraction of sp³-hybridized carbons (Fsp3) is 0.500. The van der Waals surface area contributed by atoms with Crippen molar-refractivity contribution in [3.63, 3.8) is 0 Å². The van der Waals surface area contributed by atoms with Crippen LogP contribution in [0.1, 0.15) is 18.4 Å². The Bertz CT molecular complexity index is 763. The number of morpholine rings is 1. The van der Waals surface area contributed by atoms with E-state index in [4.69, 9.17) is 14.2 Å². The largest absolute Gasteiger partial charge is 0.496 e. The van der Waals surface area contributed by atoms with Crippen LogP contribution in [0.2, 0.25) is 0 Å². The van der Waals surface area contributed by atoms with Crippen LogP contribution in [0.15, 0.2) is 30.0 Å². The smallest absolute Gasteiger partial charge is 0.277 e. The van der Waals surface area contributed by atoms with Crippen LogP contribution in [0.4, 0.5) is 0 Å². The number of para-hydroxylation sites is 1. The maximum absolute atomic E-state index is 13.3. The lowest BCUT2D eigenvalue weighted by atomic mass is 10.0. The number of amides is 2. The molecule has 3 aliphatic rings. The van der Waals surface area contributed by atoms with Crippen LogP contribution >= 0.6 is 0 Å². The number of carbonyl (C=O) groups is 2. The van der Waals surface area contributed by atoms with Crippen molar-refractivity contribution in [3.05, 3.63) is 35.5 Å². The molecule has 0 saturated carbocycles. The van der Waals surface area contributed by atoms with Crippen molar-refractivity contribution in [2.75, 3.05) is 46.6 Å². The highest BCUT2D eigenvalue weighted by atomic mass is 16.5. The molecule has 27 heavy (non-hydrogen) atoms. The van der Waals surface area contributed by atoms with E-state index in [-0.39, 0.29) is 17.9 Å². The number of ether oxygens (including phenoxy) is 3. The van der Waals surface area contributed by atoms with Crippen LogP contribution in [0.3, 0.4) is 0 Å². The predicted octanol–water partition coefficient (Wildman–Crippen LogP) is 1.29. The first kappa shape index (κ1) is 18.0. The molecule has 0 radical (unpaired) electrons. The Labute approximate surface area is 158 Å². The maximum Gasteiger partial charge on any atom is 0.277 e. The van der Waals surface area contributed by atoms with Gasteiger partial charge in [0.25, 0.3) is 11.8 Å². The van der Waals surface area contributed by atoms with E-state index in [1.807, 2.05) is 23.1 Å². The second-order valence-corrected chi connectivity index (χ2v) is 6.88. The van der Waals surface area contributed by atoms with Crippen LogP contribution in [-0.2, 0) is 19.1 Å². The topological polar surface area (TPSA) is 68.3 Å². The van der Waals surface area contributed by atoms with Crippen molar-refractivity contribution in [1.29, 1.82) is 0 Å². The van der Waals surface area contributed by atoms with Gasteiger partial charge in [-0.25, -0.2) is 0 Å². The van der Waals surface area contributed by atoms with Gasteiger partial charge in [0.2, 0.25) is 0 Å². The molecule has 0 bridgehead atoms. The lowest BCUT2D eigenvalue weighted by Crippen LogP contribution is -2.42. The molecular formula is C20H24N2O5. The maximum atomic E-state index is 13.3. The van der Waals surface area contributed by atoms with Gasteiger partial charge in [-0.3, -0.25) is 14.5 Å². The highest BCUT2D eigenvalue weighted by Gasteiger charge is 2.43. The van der Waals surface area contributed by atoms with Gasteiger partial charge in [0.15, 0.2) is 0 Å². The Morgan fingerprint density at radius 1 is 1.11 bits per heavy atom. The van der Waals surface area contributed by atoms with Gasteiger partial charge in [0.1, 0.15) is 11.4 Å². The van der Waals surface area contributed by atoms with Crippen LogP contribution in [0.5, 0.6) is 5.75 Å². The summed E-state index contributed by atoms with van der Waals surface area (Å²) in [6.45, 7) is 3.22. The Balaban J connectivity index is 1.74. The van der Waals surface area contributed by atoms with Crippen LogP contribution < -0.4 is 4.74 Å². The second-order valence-electron chi connectivity index (χ2n) is 6.88. The molecule has 1 aromatic rings. The third-order valence-corrected chi connectivity index (χ3v) is 5.26. The molecule has 7 nitrogen and oxygen atoms in total. The van der Waals surface area contributed by atoms with Crippen molar-refractivity contribution in [1.82, 2.24) is 9.80 Å². The van der Waals surface area contributed by atoms with Crippen molar-refractivity contribution in [2.24, 2.45) is 0 Å². The summed E-state index contributed by atoms with van der Waals surface area (Å²) in [4.78, 5) is 29.9. The zero-order chi connectivity index (χ0) is 18.8. The molecule has 4 rings (SSSR count). The highest BCUT2D eigenvalue weighted by Crippen LogP contribution is 2.36. The van der Waals surface area contributed by atoms with Gasteiger partial charge in [-0.1, -0.05) is 18.2 Å². The standard InChI is InChI=1S/C20H24N2O5/c1-25-16-7-3-2-6-15(16)17-18(21-8-11-26-12-9-21)20(24)22(19(17)23)13-14-5-4-10-27-14/h2-3,6-7,14H,4-5,8-13H2,1H3. The summed E-state index contributed by atoms with van der Waals surface area (Å²) in [6, 6.07) is 7.33. The second kappa shape index (κ2) is 7.70. The Hall–Kier alpha value is -2.38. The fourth-order valence-corrected chi connectivity index (χ4v) is 3.90. The molecule has 0 N–H and O–H groups in total. The van der Waals surface area contributed by atoms with E-state index in [1.165, 1.54) is 4.90 Å². The minimum absolute atomic E-state index is 0.0825. The Morgan fingerprint density at radius 3 is 2.59 bits per heavy atom. The fourth-order valence-electron chi connectivity index (χ4n) is 3.90. The average Bonchev–Trinajstić information content (AvgIpc) is 3.31. The number of nitrogens with zero attached hydrogens (tertiary/aromatic N) is 2. The third kappa shape index (κ3) is 3.33. The zero-order valence-corrected chi connectivity index (χ0v) is 15.5. The highest BCUT2D eigenvalue weighted by molar-refractivity contribution is 6.36. The Kier molecular flexibility index (Phi) is 5.13. The molecule has 2 fully saturated rings. The van der Waals surface area contributed by atoms with Crippen LogP contribution in [0.25, 0.3) is 5.57 Å². The minimum atomic E-state index is -0.276. The zero-order valence-electron chi connectivity index (χ0n) is 15.5. The molecule has 1 aromatic carbocycles. The molecule has 3 heterocycles. The van der Waals surface area contributed by atoms with Gasteiger partial charge in [0, 0.05) is 25.3 Å². The van der Waals surface area contributed by atoms with Crippen molar-refractivity contribution in [2.45, 2.75) is 18.9 Å². The van der Waals surface area contributed by atoms with E-state index in [1.54, 1.807) is 13.2 Å². The van der Waals surface area contributed by atoms with E-state index >= 15 is 0 Å². The third-order valence-electron chi connectivity index (χ3n) is 5.26. The van der Waals surface area contributed by atoms with Crippen LogP contribution in [0, 0.1) is 0 Å². The van der Waals surface area contributed by atoms with Gasteiger partial charge in [0.05, 0.1) is 38.5 Å². The molecule has 2 amide bonds. The summed E-state index contributed by atoms with van der Waals surface area (Å²) in [7, 11) is 1.57. The van der Waals surface area contributed by atoms with Crippen molar-refractivity contribution < 1.29 is 23.8 Å². The number of benzene rings is 1. The average molecular weight is 372 g/mol. The molecule has 3 aliphatic heterocycles. The summed E-state index contributed by atoms with van der Waals surface area (Å²) in [5.41, 5.74) is 1.51. The molecule has 7 heteroatoms. The van der Waals surface area contributed by atoms with E-state index < -0.39 is 0 Å². The number of hydrogen-bond acceptors (Lipinski definition) is 6. The molecule has 144 valence electrons. The minimum Gasteiger partial charge on any atom is -0.496 e. The van der Waals surface area contributed by atoms with Gasteiger partial charge < -0.3 is 19.1 Å². The Morgan fingerprint density at radius 2 is 1.89 bits per heavy atom. The number of methoxy groups -OCH3 is 1.